The second kappa shape index (κ2) is 12.2. The molecule has 3 rings (SSSR count). The fraction of sp³-hybridized carbons (Fsp3) is 0.273. The van der Waals surface area contributed by atoms with Crippen LogP contribution in [0.5, 0.6) is 0 Å². The standard InChI is InChI=1S/C22H26FN5O.HI/c1-24-22(25-12-7-13-28(2)20-11-6-10-18(23)14-20)26-15-19-16-29-21(27-19)17-8-4-3-5-9-17;/h3-6,8-11,14,16H,7,12-13,15H2,1-2H3,(H2,24,25,26);1H. The van der Waals surface area contributed by atoms with Crippen LogP contribution in [0.3, 0.4) is 0 Å². The van der Waals surface area contributed by atoms with Crippen molar-refractivity contribution in [3.8, 4) is 11.5 Å². The van der Waals surface area contributed by atoms with Crippen LogP contribution < -0.4 is 15.5 Å². The molecule has 6 nitrogen and oxygen atoms in total. The monoisotopic (exact) mass is 523 g/mol. The number of aromatic nitrogens is 1. The first-order valence-corrected chi connectivity index (χ1v) is 9.57. The number of nitrogens with zero attached hydrogens (tertiary/aromatic N) is 3. The Bertz CT molecular complexity index is 932. The van der Waals surface area contributed by atoms with Gasteiger partial charge in [0, 0.05) is 38.4 Å². The van der Waals surface area contributed by atoms with Gasteiger partial charge in [0.05, 0.1) is 12.2 Å². The quantitative estimate of drug-likeness (QED) is 0.200. The van der Waals surface area contributed by atoms with Gasteiger partial charge >= 0.3 is 0 Å². The lowest BCUT2D eigenvalue weighted by Crippen LogP contribution is -2.38. The molecule has 0 bridgehead atoms. The third kappa shape index (κ3) is 7.01. The summed E-state index contributed by atoms with van der Waals surface area (Å²) in [7, 11) is 3.68. The topological polar surface area (TPSA) is 65.7 Å². The van der Waals surface area contributed by atoms with Crippen LogP contribution in [0.1, 0.15) is 12.1 Å². The van der Waals surface area contributed by atoms with E-state index in [1.54, 1.807) is 19.4 Å². The minimum absolute atomic E-state index is 0. The van der Waals surface area contributed by atoms with E-state index >= 15 is 0 Å². The number of anilines is 1. The molecule has 160 valence electrons. The maximum Gasteiger partial charge on any atom is 0.226 e. The average Bonchev–Trinajstić information content (AvgIpc) is 3.23. The van der Waals surface area contributed by atoms with Crippen molar-refractivity contribution >= 4 is 35.6 Å². The number of aliphatic imine (C=N–C) groups is 1. The Morgan fingerprint density at radius 3 is 2.67 bits per heavy atom. The fourth-order valence-corrected chi connectivity index (χ4v) is 2.86. The maximum atomic E-state index is 13.3. The van der Waals surface area contributed by atoms with Gasteiger partial charge in [0.1, 0.15) is 12.1 Å². The van der Waals surface area contributed by atoms with E-state index in [2.05, 4.69) is 20.6 Å². The molecule has 1 heterocycles. The van der Waals surface area contributed by atoms with E-state index in [-0.39, 0.29) is 29.8 Å². The molecule has 0 spiro atoms. The highest BCUT2D eigenvalue weighted by Crippen LogP contribution is 2.17. The lowest BCUT2D eigenvalue weighted by Gasteiger charge is -2.19. The number of nitrogens with one attached hydrogen (secondary N) is 2. The minimum atomic E-state index is -0.222. The largest absolute Gasteiger partial charge is 0.444 e. The Kier molecular flexibility index (Phi) is 9.59. The number of guanidine groups is 1. The van der Waals surface area contributed by atoms with Gasteiger partial charge in [0.2, 0.25) is 5.89 Å². The van der Waals surface area contributed by atoms with Crippen LogP contribution in [0.2, 0.25) is 0 Å². The second-order valence-corrected chi connectivity index (χ2v) is 6.62. The molecule has 3 aromatic rings. The van der Waals surface area contributed by atoms with Crippen molar-refractivity contribution in [2.24, 2.45) is 4.99 Å². The first kappa shape index (κ1) is 23.7. The fourth-order valence-electron chi connectivity index (χ4n) is 2.86. The van der Waals surface area contributed by atoms with Crippen molar-refractivity contribution in [1.82, 2.24) is 15.6 Å². The van der Waals surface area contributed by atoms with Crippen molar-refractivity contribution in [3.05, 3.63) is 72.4 Å². The zero-order chi connectivity index (χ0) is 20.5. The van der Waals surface area contributed by atoms with E-state index in [4.69, 9.17) is 4.42 Å². The lowest BCUT2D eigenvalue weighted by molar-refractivity contribution is 0.572. The lowest BCUT2D eigenvalue weighted by atomic mass is 10.2. The molecule has 0 amide bonds. The molecule has 0 unspecified atom stereocenters. The summed E-state index contributed by atoms with van der Waals surface area (Å²) < 4.78 is 18.9. The summed E-state index contributed by atoms with van der Waals surface area (Å²) in [5, 5.41) is 6.51. The van der Waals surface area contributed by atoms with Crippen LogP contribution in [-0.4, -0.2) is 38.1 Å². The highest BCUT2D eigenvalue weighted by Gasteiger charge is 2.07. The number of hydrogen-bond donors (Lipinski definition) is 2. The Balaban J connectivity index is 0.00000320. The first-order chi connectivity index (χ1) is 14.2. The smallest absolute Gasteiger partial charge is 0.226 e. The molecule has 0 radical (unpaired) electrons. The van der Waals surface area contributed by atoms with Gasteiger partial charge in [-0.15, -0.1) is 24.0 Å². The van der Waals surface area contributed by atoms with Crippen LogP contribution >= 0.6 is 24.0 Å². The van der Waals surface area contributed by atoms with Gasteiger partial charge in [-0.2, -0.15) is 0 Å². The van der Waals surface area contributed by atoms with E-state index in [1.165, 1.54) is 12.1 Å². The van der Waals surface area contributed by atoms with E-state index < -0.39 is 0 Å². The molecule has 0 aliphatic carbocycles. The SMILES string of the molecule is CN=C(NCCCN(C)c1cccc(F)c1)NCc1coc(-c2ccccc2)n1.I. The van der Waals surface area contributed by atoms with E-state index in [9.17, 15) is 4.39 Å². The zero-order valence-electron chi connectivity index (χ0n) is 17.1. The molecule has 0 saturated heterocycles. The molecular formula is C22H27FIN5O. The predicted molar refractivity (Wildman–Crippen MR) is 130 cm³/mol. The molecule has 0 aliphatic rings. The van der Waals surface area contributed by atoms with Crippen molar-refractivity contribution in [2.75, 3.05) is 32.1 Å². The Labute approximate surface area is 193 Å². The first-order valence-electron chi connectivity index (χ1n) is 9.57. The van der Waals surface area contributed by atoms with Gasteiger partial charge in [-0.1, -0.05) is 24.3 Å². The number of halogens is 2. The molecule has 0 saturated carbocycles. The number of benzene rings is 2. The summed E-state index contributed by atoms with van der Waals surface area (Å²) in [5.41, 5.74) is 2.62. The summed E-state index contributed by atoms with van der Waals surface area (Å²) in [5.74, 6) is 1.08. The number of oxazole rings is 1. The van der Waals surface area contributed by atoms with Crippen LogP contribution in [0.4, 0.5) is 10.1 Å². The van der Waals surface area contributed by atoms with Crippen molar-refractivity contribution in [3.63, 3.8) is 0 Å². The molecule has 0 aliphatic heterocycles. The second-order valence-electron chi connectivity index (χ2n) is 6.62. The molecular weight excluding hydrogens is 496 g/mol. The van der Waals surface area contributed by atoms with Gasteiger partial charge < -0.3 is 20.0 Å². The molecule has 2 aromatic carbocycles. The van der Waals surface area contributed by atoms with Gasteiger partial charge in [-0.25, -0.2) is 9.37 Å². The third-order valence-corrected chi connectivity index (χ3v) is 4.44. The summed E-state index contributed by atoms with van der Waals surface area (Å²) >= 11 is 0. The average molecular weight is 523 g/mol. The van der Waals surface area contributed by atoms with E-state index in [0.717, 1.165) is 36.5 Å². The van der Waals surface area contributed by atoms with Gasteiger partial charge in [-0.3, -0.25) is 4.99 Å². The third-order valence-electron chi connectivity index (χ3n) is 4.44. The van der Waals surface area contributed by atoms with Gasteiger partial charge in [0.15, 0.2) is 5.96 Å². The van der Waals surface area contributed by atoms with Crippen LogP contribution in [0.25, 0.3) is 11.5 Å². The zero-order valence-corrected chi connectivity index (χ0v) is 19.5. The normalized spacial score (nSPS) is 11.0. The summed E-state index contributed by atoms with van der Waals surface area (Å²) in [6.45, 7) is 2.06. The molecule has 2 N–H and O–H groups in total. The maximum absolute atomic E-state index is 13.3. The number of rotatable bonds is 8. The Hall–Kier alpha value is -2.62. The van der Waals surface area contributed by atoms with E-state index in [1.807, 2.05) is 48.3 Å². The highest BCUT2D eigenvalue weighted by atomic mass is 127. The highest BCUT2D eigenvalue weighted by molar-refractivity contribution is 14.0. The summed E-state index contributed by atoms with van der Waals surface area (Å²) in [4.78, 5) is 10.8. The van der Waals surface area contributed by atoms with Crippen LogP contribution in [-0.2, 0) is 6.54 Å². The molecule has 30 heavy (non-hydrogen) atoms. The van der Waals surface area contributed by atoms with E-state index in [0.29, 0.717) is 18.4 Å². The van der Waals surface area contributed by atoms with Gasteiger partial charge in [-0.05, 0) is 36.8 Å². The van der Waals surface area contributed by atoms with Crippen molar-refractivity contribution in [1.29, 1.82) is 0 Å². The summed E-state index contributed by atoms with van der Waals surface area (Å²) in [6.07, 6.45) is 2.53. The molecule has 0 fully saturated rings. The van der Waals surface area contributed by atoms with Gasteiger partial charge in [0.25, 0.3) is 0 Å². The number of hydrogen-bond acceptors (Lipinski definition) is 4. The van der Waals surface area contributed by atoms with Crippen LogP contribution in [0.15, 0.2) is 70.3 Å². The Morgan fingerprint density at radius 2 is 1.93 bits per heavy atom. The minimum Gasteiger partial charge on any atom is -0.444 e. The molecule has 1 aromatic heterocycles. The van der Waals surface area contributed by atoms with Crippen molar-refractivity contribution in [2.45, 2.75) is 13.0 Å². The Morgan fingerprint density at radius 1 is 1.13 bits per heavy atom. The van der Waals surface area contributed by atoms with Crippen molar-refractivity contribution < 1.29 is 8.81 Å². The van der Waals surface area contributed by atoms with Crippen LogP contribution in [0, 0.1) is 5.82 Å². The predicted octanol–water partition coefficient (Wildman–Crippen LogP) is 4.29. The summed E-state index contributed by atoms with van der Waals surface area (Å²) in [6, 6.07) is 16.4. The molecule has 8 heteroatoms. The molecule has 0 atom stereocenters.